The molecule has 0 aromatic heterocycles. The van der Waals surface area contributed by atoms with Crippen molar-refractivity contribution < 1.29 is 9.53 Å². The zero-order valence-electron chi connectivity index (χ0n) is 18.6. The van der Waals surface area contributed by atoms with Crippen LogP contribution in [0.5, 0.6) is 5.75 Å². The molecule has 168 valence electrons. The fraction of sp³-hybridized carbons (Fsp3) is 0.250. The van der Waals surface area contributed by atoms with Crippen molar-refractivity contribution >= 4 is 28.8 Å². The lowest BCUT2D eigenvalue weighted by atomic mass is 9.78. The minimum absolute atomic E-state index is 0.120. The van der Waals surface area contributed by atoms with Gasteiger partial charge in [-0.3, -0.25) is 4.79 Å². The van der Waals surface area contributed by atoms with Crippen molar-refractivity contribution in [1.82, 2.24) is 0 Å². The molecule has 2 N–H and O–H groups in total. The van der Waals surface area contributed by atoms with Gasteiger partial charge in [-0.2, -0.15) is 0 Å². The molecule has 0 saturated carbocycles. The second kappa shape index (κ2) is 9.32. The molecule has 0 radical (unpaired) electrons. The third-order valence-corrected chi connectivity index (χ3v) is 6.55. The van der Waals surface area contributed by atoms with Gasteiger partial charge < -0.3 is 15.4 Å². The number of hydrogen-bond donors (Lipinski definition) is 2. The van der Waals surface area contributed by atoms with E-state index in [-0.39, 0.29) is 17.7 Å². The van der Waals surface area contributed by atoms with Gasteiger partial charge in [-0.1, -0.05) is 54.9 Å². The van der Waals surface area contributed by atoms with Gasteiger partial charge in [0.05, 0.1) is 24.0 Å². The third kappa shape index (κ3) is 4.49. The van der Waals surface area contributed by atoms with Crippen LogP contribution in [0.25, 0.3) is 0 Å². The Hall–Kier alpha value is -3.24. The van der Waals surface area contributed by atoms with Crippen molar-refractivity contribution in [3.8, 4) is 5.75 Å². The smallest absolute Gasteiger partial charge is 0.163 e. The summed E-state index contributed by atoms with van der Waals surface area (Å²) in [5, 5.41) is 7.84. The molecule has 0 amide bonds. The summed E-state index contributed by atoms with van der Waals surface area (Å²) in [6.07, 6.45) is 2.22. The number of anilines is 2. The number of carbonyl (C=O) groups is 1. The van der Waals surface area contributed by atoms with Crippen molar-refractivity contribution in [2.45, 2.75) is 38.1 Å². The van der Waals surface area contributed by atoms with Crippen LogP contribution in [-0.4, -0.2) is 12.4 Å². The monoisotopic (exact) mass is 458 g/mol. The Labute approximate surface area is 199 Å². The van der Waals surface area contributed by atoms with E-state index in [0.717, 1.165) is 52.4 Å². The summed E-state index contributed by atoms with van der Waals surface area (Å²) in [6, 6.07) is 23.8. The summed E-state index contributed by atoms with van der Waals surface area (Å²) in [5.41, 5.74) is 5.87. The van der Waals surface area contributed by atoms with E-state index in [1.54, 1.807) is 0 Å². The number of hydrogen-bond acceptors (Lipinski definition) is 4. The number of Topliss-reactive ketones (excluding diaryl/α,β-unsaturated/α-hetero) is 1. The van der Waals surface area contributed by atoms with E-state index in [2.05, 4.69) is 29.7 Å². The molecular weight excluding hydrogens is 432 g/mol. The SMILES string of the molecule is CCCOc1ccc(C2CC(=O)C3=C(C2)Nc2ccccc2NC3c2cccc(Cl)c2)cc1. The van der Waals surface area contributed by atoms with Crippen LogP contribution < -0.4 is 15.4 Å². The highest BCUT2D eigenvalue weighted by molar-refractivity contribution is 6.30. The summed E-state index contributed by atoms with van der Waals surface area (Å²) >= 11 is 6.31. The first-order valence-corrected chi connectivity index (χ1v) is 11.9. The fourth-order valence-corrected chi connectivity index (χ4v) is 4.92. The molecule has 3 aromatic carbocycles. The van der Waals surface area contributed by atoms with Crippen molar-refractivity contribution in [2.24, 2.45) is 0 Å². The predicted octanol–water partition coefficient (Wildman–Crippen LogP) is 7.11. The number of nitrogens with one attached hydrogen (secondary N) is 2. The van der Waals surface area contributed by atoms with E-state index in [0.29, 0.717) is 18.1 Å². The van der Waals surface area contributed by atoms with Crippen LogP contribution >= 0.6 is 11.6 Å². The number of rotatable bonds is 5. The Kier molecular flexibility index (Phi) is 6.10. The molecule has 0 spiro atoms. The average molecular weight is 459 g/mol. The number of halogens is 1. The molecule has 5 heteroatoms. The molecule has 2 aliphatic rings. The van der Waals surface area contributed by atoms with Gasteiger partial charge in [0.2, 0.25) is 0 Å². The first-order valence-electron chi connectivity index (χ1n) is 11.5. The fourth-order valence-electron chi connectivity index (χ4n) is 4.72. The second-order valence-corrected chi connectivity index (χ2v) is 9.08. The molecule has 33 heavy (non-hydrogen) atoms. The topological polar surface area (TPSA) is 50.4 Å². The zero-order chi connectivity index (χ0) is 22.8. The first-order chi connectivity index (χ1) is 16.1. The van der Waals surface area contributed by atoms with Crippen LogP contribution in [0.4, 0.5) is 11.4 Å². The second-order valence-electron chi connectivity index (χ2n) is 8.64. The number of ether oxygens (including phenoxy) is 1. The lowest BCUT2D eigenvalue weighted by molar-refractivity contribution is -0.116. The van der Waals surface area contributed by atoms with Gasteiger partial charge in [-0.15, -0.1) is 0 Å². The standard InChI is InChI=1S/C28H27ClN2O2/c1-2-14-33-22-12-10-18(11-13-22)20-16-25-27(26(32)17-20)28(19-6-5-7-21(29)15-19)31-24-9-4-3-8-23(24)30-25/h3-13,15,20,28,30-31H,2,14,16-17H2,1H3. The van der Waals surface area contributed by atoms with Gasteiger partial charge >= 0.3 is 0 Å². The number of allylic oxidation sites excluding steroid dienone is 1. The number of benzene rings is 3. The molecule has 1 aliphatic carbocycles. The van der Waals surface area contributed by atoms with Crippen LogP contribution in [0.2, 0.25) is 5.02 Å². The largest absolute Gasteiger partial charge is 0.494 e. The third-order valence-electron chi connectivity index (χ3n) is 6.32. The van der Waals surface area contributed by atoms with E-state index in [1.165, 1.54) is 0 Å². The lowest BCUT2D eigenvalue weighted by Crippen LogP contribution is -2.26. The molecule has 0 saturated heterocycles. The van der Waals surface area contributed by atoms with Crippen molar-refractivity contribution in [1.29, 1.82) is 0 Å². The maximum absolute atomic E-state index is 13.6. The minimum Gasteiger partial charge on any atom is -0.494 e. The Balaban J connectivity index is 1.51. The van der Waals surface area contributed by atoms with Crippen molar-refractivity contribution in [3.63, 3.8) is 0 Å². The molecule has 0 bridgehead atoms. The van der Waals surface area contributed by atoms with Gasteiger partial charge in [0, 0.05) is 22.7 Å². The molecule has 1 aliphatic heterocycles. The molecule has 4 nitrogen and oxygen atoms in total. The van der Waals surface area contributed by atoms with Gasteiger partial charge in [-0.25, -0.2) is 0 Å². The number of ketones is 1. The highest BCUT2D eigenvalue weighted by Crippen LogP contribution is 2.44. The van der Waals surface area contributed by atoms with E-state index in [1.807, 2.05) is 60.7 Å². The summed E-state index contributed by atoms with van der Waals surface area (Å²) in [6.45, 7) is 2.80. The van der Waals surface area contributed by atoms with E-state index in [9.17, 15) is 4.79 Å². The summed E-state index contributed by atoms with van der Waals surface area (Å²) in [7, 11) is 0. The lowest BCUT2D eigenvalue weighted by Gasteiger charge is -2.30. The molecular formula is C28H27ClN2O2. The van der Waals surface area contributed by atoms with Crippen LogP contribution in [0.1, 0.15) is 49.3 Å². The van der Waals surface area contributed by atoms with Crippen LogP contribution in [-0.2, 0) is 4.79 Å². The maximum atomic E-state index is 13.6. The van der Waals surface area contributed by atoms with Crippen molar-refractivity contribution in [3.05, 3.63) is 100 Å². The van der Waals surface area contributed by atoms with Crippen LogP contribution in [0, 0.1) is 0 Å². The van der Waals surface area contributed by atoms with Crippen LogP contribution in [0.3, 0.4) is 0 Å². The molecule has 2 atom stereocenters. The van der Waals surface area contributed by atoms with E-state index in [4.69, 9.17) is 16.3 Å². The summed E-state index contributed by atoms with van der Waals surface area (Å²) < 4.78 is 5.73. The minimum atomic E-state index is -0.256. The summed E-state index contributed by atoms with van der Waals surface area (Å²) in [5.74, 6) is 1.15. The molecule has 1 heterocycles. The average Bonchev–Trinajstić information content (AvgIpc) is 3.00. The van der Waals surface area contributed by atoms with Gasteiger partial charge in [0.25, 0.3) is 0 Å². The molecule has 3 aromatic rings. The first kappa shape index (κ1) is 21.6. The van der Waals surface area contributed by atoms with Gasteiger partial charge in [-0.05, 0) is 66.3 Å². The maximum Gasteiger partial charge on any atom is 0.163 e. The normalized spacial score (nSPS) is 19.6. The highest BCUT2D eigenvalue weighted by atomic mass is 35.5. The highest BCUT2D eigenvalue weighted by Gasteiger charge is 2.36. The number of para-hydroxylation sites is 2. The number of fused-ring (bicyclic) bond motifs is 1. The van der Waals surface area contributed by atoms with Crippen LogP contribution in [0.15, 0.2) is 84.1 Å². The van der Waals surface area contributed by atoms with E-state index < -0.39 is 0 Å². The van der Waals surface area contributed by atoms with Gasteiger partial charge in [0.1, 0.15) is 5.75 Å². The molecule has 2 unspecified atom stereocenters. The Morgan fingerprint density at radius 2 is 1.73 bits per heavy atom. The Morgan fingerprint density at radius 3 is 2.48 bits per heavy atom. The number of carbonyl (C=O) groups excluding carboxylic acids is 1. The zero-order valence-corrected chi connectivity index (χ0v) is 19.4. The summed E-state index contributed by atoms with van der Waals surface area (Å²) in [4.78, 5) is 13.6. The Bertz CT molecular complexity index is 1200. The predicted molar refractivity (Wildman–Crippen MR) is 134 cm³/mol. The van der Waals surface area contributed by atoms with Crippen molar-refractivity contribution in [2.75, 3.05) is 17.2 Å². The van der Waals surface area contributed by atoms with Gasteiger partial charge in [0.15, 0.2) is 5.78 Å². The Morgan fingerprint density at radius 1 is 0.939 bits per heavy atom. The quantitative estimate of drug-likeness (QED) is 0.427. The molecule has 5 rings (SSSR count). The molecule has 0 fully saturated rings. The van der Waals surface area contributed by atoms with E-state index >= 15 is 0 Å².